The molecule has 2 aliphatic rings. The average molecular weight is 482 g/mol. The fourth-order valence-electron chi connectivity index (χ4n) is 4.91. The minimum atomic E-state index is -4.65. The smallest absolute Gasteiger partial charge is 0.299 e. The van der Waals surface area contributed by atoms with Gasteiger partial charge in [0, 0.05) is 25.7 Å². The molecule has 2 fully saturated rings. The molecule has 184 valence electrons. The van der Waals surface area contributed by atoms with Gasteiger partial charge in [0.2, 0.25) is 0 Å². The van der Waals surface area contributed by atoms with Crippen molar-refractivity contribution < 1.29 is 26.7 Å². The van der Waals surface area contributed by atoms with E-state index in [2.05, 4.69) is 15.8 Å². The Labute approximate surface area is 194 Å². The van der Waals surface area contributed by atoms with E-state index >= 15 is 0 Å². The number of amides is 1. The summed E-state index contributed by atoms with van der Waals surface area (Å²) in [6, 6.07) is 6.55. The molecule has 34 heavy (non-hydrogen) atoms. The predicted octanol–water partition coefficient (Wildman–Crippen LogP) is 4.59. The highest BCUT2D eigenvalue weighted by Gasteiger charge is 2.37. The van der Waals surface area contributed by atoms with Crippen molar-refractivity contribution in [3.05, 3.63) is 64.5 Å². The van der Waals surface area contributed by atoms with E-state index in [4.69, 9.17) is 0 Å². The number of piperazine rings is 1. The van der Waals surface area contributed by atoms with E-state index in [-0.39, 0.29) is 11.3 Å². The molecule has 2 aromatic carbocycles. The largest absolute Gasteiger partial charge is 0.416 e. The summed E-state index contributed by atoms with van der Waals surface area (Å²) in [7, 11) is 0. The zero-order chi connectivity index (χ0) is 24.5. The zero-order valence-corrected chi connectivity index (χ0v) is 18.8. The molecular weight excluding hydrogens is 455 g/mol. The van der Waals surface area contributed by atoms with Crippen LogP contribution in [0, 0.1) is 12.7 Å². The van der Waals surface area contributed by atoms with E-state index in [0.29, 0.717) is 30.3 Å². The fraction of sp³-hybridized carbons (Fsp3) is 0.458. The van der Waals surface area contributed by atoms with Crippen molar-refractivity contribution in [2.45, 2.75) is 44.7 Å². The molecule has 1 unspecified atom stereocenters. The van der Waals surface area contributed by atoms with Crippen molar-refractivity contribution in [2.75, 3.05) is 31.6 Å². The van der Waals surface area contributed by atoms with Crippen LogP contribution in [0.2, 0.25) is 0 Å². The van der Waals surface area contributed by atoms with Crippen LogP contribution in [0.1, 0.15) is 41.1 Å². The van der Waals surface area contributed by atoms with Gasteiger partial charge in [0.1, 0.15) is 18.5 Å². The Morgan fingerprint density at radius 2 is 1.94 bits per heavy atom. The number of carbonyl (C=O) groups is 1. The number of carbonyl (C=O) groups excluding carboxylic acids is 1. The molecule has 5 nitrogen and oxygen atoms in total. The van der Waals surface area contributed by atoms with Gasteiger partial charge < -0.3 is 0 Å². The number of rotatable bonds is 6. The normalized spacial score (nSPS) is 20.1. The van der Waals surface area contributed by atoms with E-state index in [0.717, 1.165) is 38.1 Å². The van der Waals surface area contributed by atoms with Crippen molar-refractivity contribution in [1.82, 2.24) is 15.2 Å². The van der Waals surface area contributed by atoms with Crippen molar-refractivity contribution in [3.8, 4) is 0 Å². The quantitative estimate of drug-likeness (QED) is 0.467. The second kappa shape index (κ2) is 9.87. The molecule has 2 N–H and O–H groups in total. The monoisotopic (exact) mass is 482 g/mol. The summed E-state index contributed by atoms with van der Waals surface area (Å²) in [5.41, 5.74) is 5.00. The molecule has 4 rings (SSSR count). The van der Waals surface area contributed by atoms with Gasteiger partial charge in [0.15, 0.2) is 0 Å². The van der Waals surface area contributed by atoms with E-state index in [9.17, 15) is 26.7 Å². The topological polar surface area (TPSA) is 47.6 Å². The molecule has 2 aliphatic heterocycles. The lowest BCUT2D eigenvalue weighted by atomic mass is 9.97. The number of benzene rings is 2. The summed E-state index contributed by atoms with van der Waals surface area (Å²) in [4.78, 5) is 17.8. The Hall–Kier alpha value is -2.72. The van der Waals surface area contributed by atoms with Gasteiger partial charge in [-0.15, -0.1) is 0 Å². The first kappa shape index (κ1) is 24.4. The van der Waals surface area contributed by atoms with Crippen molar-refractivity contribution in [3.63, 3.8) is 0 Å². The van der Waals surface area contributed by atoms with Crippen LogP contribution in [0.25, 0.3) is 0 Å². The predicted molar refractivity (Wildman–Crippen MR) is 118 cm³/mol. The van der Waals surface area contributed by atoms with Gasteiger partial charge in [-0.25, -0.2) is 8.78 Å². The number of hydrazine groups is 1. The van der Waals surface area contributed by atoms with E-state index in [1.807, 2.05) is 4.90 Å². The minimum Gasteiger partial charge on any atom is -0.299 e. The summed E-state index contributed by atoms with van der Waals surface area (Å²) < 4.78 is 66.4. The molecule has 2 heterocycles. The number of fused-ring (bicyclic) bond motifs is 1. The van der Waals surface area contributed by atoms with Gasteiger partial charge in [-0.3, -0.25) is 25.4 Å². The van der Waals surface area contributed by atoms with Crippen LogP contribution in [0.4, 0.5) is 27.6 Å². The third-order valence-corrected chi connectivity index (χ3v) is 6.56. The van der Waals surface area contributed by atoms with Crippen LogP contribution >= 0.6 is 0 Å². The first-order valence-corrected chi connectivity index (χ1v) is 11.2. The summed E-state index contributed by atoms with van der Waals surface area (Å²) in [6.45, 7) is 3.76. The van der Waals surface area contributed by atoms with E-state index < -0.39 is 36.2 Å². The van der Waals surface area contributed by atoms with E-state index in [1.54, 1.807) is 13.0 Å². The number of nitrogens with zero attached hydrogens (tertiary/aromatic N) is 2. The summed E-state index contributed by atoms with van der Waals surface area (Å²) in [6.07, 6.45) is -2.53. The van der Waals surface area contributed by atoms with Gasteiger partial charge in [-0.1, -0.05) is 6.07 Å². The maximum Gasteiger partial charge on any atom is 0.416 e. The van der Waals surface area contributed by atoms with Crippen LogP contribution in [0.15, 0.2) is 36.4 Å². The lowest BCUT2D eigenvalue weighted by Crippen LogP contribution is -2.54. The number of halogens is 5. The highest BCUT2D eigenvalue weighted by Crippen LogP contribution is 2.33. The van der Waals surface area contributed by atoms with Gasteiger partial charge in [0.05, 0.1) is 11.3 Å². The van der Waals surface area contributed by atoms with Gasteiger partial charge in [-0.2, -0.15) is 13.2 Å². The average Bonchev–Trinajstić information content (AvgIpc) is 3.26. The first-order valence-electron chi connectivity index (χ1n) is 11.2. The molecule has 0 saturated carbocycles. The molecule has 10 heteroatoms. The van der Waals surface area contributed by atoms with Crippen molar-refractivity contribution >= 4 is 11.6 Å². The van der Waals surface area contributed by atoms with Crippen molar-refractivity contribution in [2.24, 2.45) is 0 Å². The molecule has 1 amide bonds. The van der Waals surface area contributed by atoms with Gasteiger partial charge in [0.25, 0.3) is 5.91 Å². The van der Waals surface area contributed by atoms with Crippen LogP contribution in [-0.4, -0.2) is 47.9 Å². The molecule has 0 bridgehead atoms. The highest BCUT2D eigenvalue weighted by molar-refractivity contribution is 5.84. The van der Waals surface area contributed by atoms with Crippen LogP contribution in [0.3, 0.4) is 0 Å². The minimum absolute atomic E-state index is 0.0778. The third-order valence-electron chi connectivity index (χ3n) is 6.56. The lowest BCUT2D eigenvalue weighted by Gasteiger charge is -2.41. The number of nitrogens with one attached hydrogen (secondary N) is 2. The number of aryl methyl sites for hydroxylation is 1. The number of hydrogen-bond acceptors (Lipinski definition) is 4. The number of hydrogen-bond donors (Lipinski definition) is 2. The SMILES string of the molecule is Cc1cc(F)ccc1C(C(=O)NNc1cc(CF)cc(C(F)(F)F)c1)N1CCN2CCC[C@@H]2C1. The van der Waals surface area contributed by atoms with Gasteiger partial charge >= 0.3 is 6.18 Å². The second-order valence-electron chi connectivity index (χ2n) is 8.89. The Morgan fingerprint density at radius 3 is 2.65 bits per heavy atom. The van der Waals surface area contributed by atoms with Gasteiger partial charge in [-0.05, 0) is 73.3 Å². The molecule has 0 radical (unpaired) electrons. The molecule has 0 aliphatic carbocycles. The standard InChI is InChI=1S/C24H27F5N4O/c1-15-9-18(26)4-5-21(15)22(33-8-7-32-6-2-3-20(32)14-33)23(34)31-30-19-11-16(13-25)10-17(12-19)24(27,28)29/h4-5,9-12,20,22,30H,2-3,6-8,13-14H2,1H3,(H,31,34)/t20-,22?/m1/s1. The van der Waals surface area contributed by atoms with Crippen LogP contribution in [-0.2, 0) is 17.6 Å². The lowest BCUT2D eigenvalue weighted by molar-refractivity contribution is -0.137. The van der Waals surface area contributed by atoms with E-state index in [1.165, 1.54) is 18.2 Å². The van der Waals surface area contributed by atoms with Crippen molar-refractivity contribution in [1.29, 1.82) is 0 Å². The highest BCUT2D eigenvalue weighted by atomic mass is 19.4. The molecule has 0 aromatic heterocycles. The fourth-order valence-corrected chi connectivity index (χ4v) is 4.91. The summed E-state index contributed by atoms with van der Waals surface area (Å²) in [5, 5.41) is 0. The molecule has 2 saturated heterocycles. The Kier molecular flexibility index (Phi) is 7.09. The first-order chi connectivity index (χ1) is 16.2. The molecule has 2 aromatic rings. The third kappa shape index (κ3) is 5.33. The van der Waals surface area contributed by atoms with Crippen LogP contribution in [0.5, 0.6) is 0 Å². The Balaban J connectivity index is 1.57. The Morgan fingerprint density at radius 1 is 1.15 bits per heavy atom. The molecule has 2 atom stereocenters. The molecular formula is C24H27F5N4O. The summed E-state index contributed by atoms with van der Waals surface area (Å²) in [5.74, 6) is -0.901. The second-order valence-corrected chi connectivity index (χ2v) is 8.89. The Bertz CT molecular complexity index is 1040. The maximum atomic E-state index is 13.7. The van der Waals surface area contributed by atoms with Crippen LogP contribution < -0.4 is 10.9 Å². The summed E-state index contributed by atoms with van der Waals surface area (Å²) >= 11 is 0. The molecule has 0 spiro atoms. The maximum absolute atomic E-state index is 13.7. The zero-order valence-electron chi connectivity index (χ0n) is 18.8. The number of anilines is 1. The number of alkyl halides is 4.